The SMILES string of the molecule is O=C(NCCc1noc(-c2ccccc2)n1)C1COc2ccccc2C1. The van der Waals surface area contributed by atoms with E-state index in [0.717, 1.165) is 16.9 Å². The smallest absolute Gasteiger partial charge is 0.257 e. The molecule has 3 aromatic rings. The van der Waals surface area contributed by atoms with Crippen LogP contribution < -0.4 is 10.1 Å². The number of carbonyl (C=O) groups excluding carboxylic acids is 1. The van der Waals surface area contributed by atoms with Gasteiger partial charge in [0, 0.05) is 18.5 Å². The molecule has 132 valence electrons. The molecule has 0 radical (unpaired) electrons. The fraction of sp³-hybridized carbons (Fsp3) is 0.250. The lowest BCUT2D eigenvalue weighted by molar-refractivity contribution is -0.126. The molecule has 2 aromatic carbocycles. The highest BCUT2D eigenvalue weighted by Gasteiger charge is 2.25. The summed E-state index contributed by atoms with van der Waals surface area (Å²) >= 11 is 0. The van der Waals surface area contributed by atoms with Crippen LogP contribution in [-0.2, 0) is 17.6 Å². The van der Waals surface area contributed by atoms with E-state index in [4.69, 9.17) is 9.26 Å². The van der Waals surface area contributed by atoms with Crippen LogP contribution in [0.25, 0.3) is 11.5 Å². The van der Waals surface area contributed by atoms with Crippen LogP contribution in [0.3, 0.4) is 0 Å². The van der Waals surface area contributed by atoms with Crippen LogP contribution >= 0.6 is 0 Å². The summed E-state index contributed by atoms with van der Waals surface area (Å²) < 4.78 is 10.9. The van der Waals surface area contributed by atoms with Crippen molar-refractivity contribution in [3.63, 3.8) is 0 Å². The Morgan fingerprint density at radius 1 is 1.12 bits per heavy atom. The van der Waals surface area contributed by atoms with Crippen molar-refractivity contribution < 1.29 is 14.1 Å². The van der Waals surface area contributed by atoms with Crippen LogP contribution in [0.5, 0.6) is 5.75 Å². The number of ether oxygens (including phenoxy) is 1. The Labute approximate surface area is 151 Å². The van der Waals surface area contributed by atoms with Gasteiger partial charge >= 0.3 is 0 Å². The van der Waals surface area contributed by atoms with E-state index in [0.29, 0.717) is 37.7 Å². The van der Waals surface area contributed by atoms with Crippen LogP contribution in [0.1, 0.15) is 11.4 Å². The van der Waals surface area contributed by atoms with Gasteiger partial charge in [-0.3, -0.25) is 4.79 Å². The van der Waals surface area contributed by atoms with E-state index < -0.39 is 0 Å². The van der Waals surface area contributed by atoms with Crippen molar-refractivity contribution in [3.05, 3.63) is 66.0 Å². The fourth-order valence-electron chi connectivity index (χ4n) is 2.99. The second-order valence-corrected chi connectivity index (χ2v) is 6.24. The van der Waals surface area contributed by atoms with E-state index in [1.165, 1.54) is 0 Å². The molecule has 0 fully saturated rings. The van der Waals surface area contributed by atoms with Crippen molar-refractivity contribution >= 4 is 5.91 Å². The van der Waals surface area contributed by atoms with Gasteiger partial charge in [0.25, 0.3) is 5.89 Å². The van der Waals surface area contributed by atoms with E-state index in [1.807, 2.05) is 54.6 Å². The maximum atomic E-state index is 12.4. The number of hydrogen-bond donors (Lipinski definition) is 1. The average molecular weight is 349 g/mol. The zero-order valence-electron chi connectivity index (χ0n) is 14.2. The van der Waals surface area contributed by atoms with Gasteiger partial charge in [0.2, 0.25) is 5.91 Å². The number of hydrogen-bond acceptors (Lipinski definition) is 5. The molecule has 0 bridgehead atoms. The molecule has 1 amide bonds. The first-order chi connectivity index (χ1) is 12.8. The number of nitrogens with zero attached hydrogens (tertiary/aromatic N) is 2. The number of benzene rings is 2. The molecular formula is C20H19N3O3. The molecular weight excluding hydrogens is 330 g/mol. The van der Waals surface area contributed by atoms with Gasteiger partial charge in [0.15, 0.2) is 5.82 Å². The Bertz CT molecular complexity index is 892. The van der Waals surface area contributed by atoms with Gasteiger partial charge in [0.05, 0.1) is 5.92 Å². The number of carbonyl (C=O) groups is 1. The van der Waals surface area contributed by atoms with Gasteiger partial charge in [0.1, 0.15) is 12.4 Å². The maximum absolute atomic E-state index is 12.4. The van der Waals surface area contributed by atoms with Crippen molar-refractivity contribution in [1.29, 1.82) is 0 Å². The van der Waals surface area contributed by atoms with Crippen LogP contribution in [0, 0.1) is 5.92 Å². The largest absolute Gasteiger partial charge is 0.492 e. The number of fused-ring (bicyclic) bond motifs is 1. The van der Waals surface area contributed by atoms with E-state index >= 15 is 0 Å². The van der Waals surface area contributed by atoms with Gasteiger partial charge < -0.3 is 14.6 Å². The normalized spacial score (nSPS) is 15.8. The number of aromatic nitrogens is 2. The summed E-state index contributed by atoms with van der Waals surface area (Å²) in [5.74, 6) is 1.76. The lowest BCUT2D eigenvalue weighted by Crippen LogP contribution is -2.38. The Morgan fingerprint density at radius 3 is 2.81 bits per heavy atom. The third-order valence-corrected chi connectivity index (χ3v) is 4.39. The average Bonchev–Trinajstić information content (AvgIpc) is 3.17. The summed E-state index contributed by atoms with van der Waals surface area (Å²) in [7, 11) is 0. The monoisotopic (exact) mass is 349 g/mol. The van der Waals surface area contributed by atoms with Crippen molar-refractivity contribution in [3.8, 4) is 17.2 Å². The predicted molar refractivity (Wildman–Crippen MR) is 95.6 cm³/mol. The number of amides is 1. The maximum Gasteiger partial charge on any atom is 0.257 e. The molecule has 1 unspecified atom stereocenters. The zero-order chi connectivity index (χ0) is 17.8. The summed E-state index contributed by atoms with van der Waals surface area (Å²) in [4.78, 5) is 16.7. The fourth-order valence-corrected chi connectivity index (χ4v) is 2.99. The third-order valence-electron chi connectivity index (χ3n) is 4.39. The topological polar surface area (TPSA) is 77.3 Å². The minimum Gasteiger partial charge on any atom is -0.492 e. The summed E-state index contributed by atoms with van der Waals surface area (Å²) in [6, 6.07) is 17.4. The highest BCUT2D eigenvalue weighted by atomic mass is 16.5. The van der Waals surface area contributed by atoms with Crippen LogP contribution in [0.2, 0.25) is 0 Å². The summed E-state index contributed by atoms with van der Waals surface area (Å²) in [5.41, 5.74) is 1.96. The molecule has 1 aromatic heterocycles. The Hall–Kier alpha value is -3.15. The van der Waals surface area contributed by atoms with Crippen LogP contribution in [0.15, 0.2) is 59.1 Å². The van der Waals surface area contributed by atoms with Gasteiger partial charge in [-0.05, 0) is 30.2 Å². The first-order valence-electron chi connectivity index (χ1n) is 8.66. The van der Waals surface area contributed by atoms with Crippen LogP contribution in [-0.4, -0.2) is 29.2 Å². The predicted octanol–water partition coefficient (Wildman–Crippen LogP) is 2.65. The van der Waals surface area contributed by atoms with E-state index in [1.54, 1.807) is 0 Å². The summed E-state index contributed by atoms with van der Waals surface area (Å²) in [6.45, 7) is 0.869. The lowest BCUT2D eigenvalue weighted by atomic mass is 9.96. The molecule has 2 heterocycles. The summed E-state index contributed by atoms with van der Waals surface area (Å²) in [6.07, 6.45) is 1.22. The molecule has 0 spiro atoms. The second-order valence-electron chi connectivity index (χ2n) is 6.24. The zero-order valence-corrected chi connectivity index (χ0v) is 14.2. The van der Waals surface area contributed by atoms with E-state index in [-0.39, 0.29) is 11.8 Å². The van der Waals surface area contributed by atoms with Crippen molar-refractivity contribution in [1.82, 2.24) is 15.5 Å². The minimum atomic E-state index is -0.171. The highest BCUT2D eigenvalue weighted by Crippen LogP contribution is 2.26. The van der Waals surface area contributed by atoms with Crippen molar-refractivity contribution in [2.45, 2.75) is 12.8 Å². The Kier molecular flexibility index (Phi) is 4.64. The molecule has 0 aliphatic carbocycles. The highest BCUT2D eigenvalue weighted by molar-refractivity contribution is 5.79. The molecule has 6 heteroatoms. The first kappa shape index (κ1) is 16.3. The van der Waals surface area contributed by atoms with Crippen molar-refractivity contribution in [2.24, 2.45) is 5.92 Å². The standard InChI is InChI=1S/C20H19N3O3/c24-19(16-12-15-8-4-5-9-17(15)25-13-16)21-11-10-18-22-20(26-23-18)14-6-2-1-3-7-14/h1-9,16H,10-13H2,(H,21,24). The van der Waals surface area contributed by atoms with Gasteiger partial charge in [-0.2, -0.15) is 4.98 Å². The number of para-hydroxylation sites is 1. The Balaban J connectivity index is 1.29. The quantitative estimate of drug-likeness (QED) is 0.766. The molecule has 6 nitrogen and oxygen atoms in total. The molecule has 26 heavy (non-hydrogen) atoms. The van der Waals surface area contributed by atoms with Crippen molar-refractivity contribution in [2.75, 3.05) is 13.2 Å². The molecule has 4 rings (SSSR count). The van der Waals surface area contributed by atoms with Gasteiger partial charge in [-0.1, -0.05) is 41.6 Å². The summed E-state index contributed by atoms with van der Waals surface area (Å²) in [5, 5.41) is 6.91. The Morgan fingerprint density at radius 2 is 1.92 bits per heavy atom. The van der Waals surface area contributed by atoms with Gasteiger partial charge in [-0.25, -0.2) is 0 Å². The first-order valence-corrected chi connectivity index (χ1v) is 8.66. The molecule has 0 saturated carbocycles. The van der Waals surface area contributed by atoms with Gasteiger partial charge in [-0.15, -0.1) is 0 Å². The van der Waals surface area contributed by atoms with E-state index in [2.05, 4.69) is 15.5 Å². The number of rotatable bonds is 5. The van der Waals surface area contributed by atoms with Crippen LogP contribution in [0.4, 0.5) is 0 Å². The minimum absolute atomic E-state index is 0.00807. The number of nitrogens with one attached hydrogen (secondary N) is 1. The van der Waals surface area contributed by atoms with E-state index in [9.17, 15) is 4.79 Å². The molecule has 1 N–H and O–H groups in total. The second kappa shape index (κ2) is 7.39. The lowest BCUT2D eigenvalue weighted by Gasteiger charge is -2.24. The molecule has 0 saturated heterocycles. The molecule has 1 aliphatic rings. The molecule has 1 aliphatic heterocycles. The molecule has 1 atom stereocenters. The third kappa shape index (κ3) is 3.59.